The van der Waals surface area contributed by atoms with E-state index in [-0.39, 0.29) is 12.5 Å². The summed E-state index contributed by atoms with van der Waals surface area (Å²) in [6.45, 7) is 32.4. The number of hydrogen-bond acceptors (Lipinski definition) is 6. The minimum atomic E-state index is -0.904. The van der Waals surface area contributed by atoms with Crippen molar-refractivity contribution < 1.29 is 19.4 Å². The molecule has 1 fully saturated rings. The highest BCUT2D eigenvalue weighted by Crippen LogP contribution is 2.30. The highest BCUT2D eigenvalue weighted by molar-refractivity contribution is 8.04. The van der Waals surface area contributed by atoms with Crippen molar-refractivity contribution in [2.75, 3.05) is 13.7 Å². The van der Waals surface area contributed by atoms with E-state index in [2.05, 4.69) is 34.4 Å². The van der Waals surface area contributed by atoms with Crippen LogP contribution in [0.15, 0.2) is 60.2 Å². The van der Waals surface area contributed by atoms with Crippen molar-refractivity contribution in [3.05, 3.63) is 71.4 Å². The number of urea groups is 1. The molecule has 1 saturated heterocycles. The standard InChI is InChI=1S/C11H12N2O2.C9H15NOS.C4H8O.C3H6.4C2H6/c1-2-7-4-3-5-8(6-7)9-10(14)13-11(15)12-9;1-4-6-8(5-2)12-9(3,11)7-10;1-4(2)5-3;1-3-2;4*1-2/h3-6,9H,2H2,1H3,(H2,12,13,14,15);1,6,11H,5,7,10H2,2-3H3;1H2,2-3H3;3H,1H2,2H3;4*1-2H3/b;8-6-;;;;;;. The lowest BCUT2D eigenvalue weighted by molar-refractivity contribution is -0.120. The number of terminal acetylenes is 1. The number of hydrogen-bond donors (Lipinski definition) is 4. The van der Waals surface area contributed by atoms with Crippen molar-refractivity contribution in [2.24, 2.45) is 5.73 Å². The number of aliphatic hydroxyl groups is 1. The lowest BCUT2D eigenvalue weighted by Crippen LogP contribution is -2.30. The lowest BCUT2D eigenvalue weighted by Gasteiger charge is -2.20. The molecule has 5 N–H and O–H groups in total. The molecule has 2 rings (SSSR count). The number of rotatable bonds is 7. The molecule has 0 spiro atoms. The summed E-state index contributed by atoms with van der Waals surface area (Å²) < 4.78 is 4.56. The molecular weight excluding hydrogens is 558 g/mol. The quantitative estimate of drug-likeness (QED) is 0.0793. The molecule has 3 amide bonds. The van der Waals surface area contributed by atoms with Gasteiger partial charge in [0.1, 0.15) is 11.0 Å². The Balaban J connectivity index is -0.000000109. The predicted octanol–water partition coefficient (Wildman–Crippen LogP) is 8.91. The predicted molar refractivity (Wildman–Crippen MR) is 193 cm³/mol. The minimum Gasteiger partial charge on any atom is -0.502 e. The molecule has 0 aromatic heterocycles. The van der Waals surface area contributed by atoms with E-state index in [1.165, 1.54) is 11.8 Å². The second-order valence-corrected chi connectivity index (χ2v) is 9.03. The maximum absolute atomic E-state index is 11.4. The molecule has 2 unspecified atom stereocenters. The largest absolute Gasteiger partial charge is 0.502 e. The summed E-state index contributed by atoms with van der Waals surface area (Å²) in [5, 5.41) is 14.4. The van der Waals surface area contributed by atoms with Crippen LogP contribution in [0.4, 0.5) is 4.79 Å². The number of ether oxygens (including phenoxy) is 1. The van der Waals surface area contributed by atoms with Gasteiger partial charge in [-0.25, -0.2) is 4.79 Å². The smallest absolute Gasteiger partial charge is 0.322 e. The SMILES string of the molecule is C#C/C=C(/CC)SC(C)(O)CN.C=C(C)OC.C=CC.CC.CC.CC.CC.CCc1cccc(C2NC(=O)NC2=O)c1. The fraction of sp³-hybridized carbons (Fsp3) is 0.543. The summed E-state index contributed by atoms with van der Waals surface area (Å²) in [5.41, 5.74) is 7.34. The number of carbonyl (C=O) groups excluding carboxylic acids is 2. The van der Waals surface area contributed by atoms with Gasteiger partial charge >= 0.3 is 6.03 Å². The Labute approximate surface area is 270 Å². The summed E-state index contributed by atoms with van der Waals surface area (Å²) in [6, 6.07) is 6.71. The van der Waals surface area contributed by atoms with Crippen LogP contribution in [0.3, 0.4) is 0 Å². The molecule has 43 heavy (non-hydrogen) atoms. The number of methoxy groups -OCH3 is 1. The second-order valence-electron chi connectivity index (χ2n) is 7.42. The molecule has 1 aromatic rings. The van der Waals surface area contributed by atoms with Gasteiger partial charge < -0.3 is 20.9 Å². The molecule has 2 atom stereocenters. The van der Waals surface area contributed by atoms with E-state index < -0.39 is 17.0 Å². The Hall–Kier alpha value is -2.99. The average molecular weight is 624 g/mol. The average Bonchev–Trinajstić information content (AvgIpc) is 3.39. The Kier molecular flexibility index (Phi) is 47.8. The van der Waals surface area contributed by atoms with Gasteiger partial charge in [0.25, 0.3) is 5.91 Å². The summed E-state index contributed by atoms with van der Waals surface area (Å²) in [4.78, 5) is 22.4. The maximum atomic E-state index is 11.4. The zero-order valence-corrected chi connectivity index (χ0v) is 30.6. The molecular formula is C35H65N3O4S. The molecule has 1 heterocycles. The summed E-state index contributed by atoms with van der Waals surface area (Å²) in [7, 11) is 1.60. The van der Waals surface area contributed by atoms with Gasteiger partial charge in [0.05, 0.1) is 12.9 Å². The Bertz CT molecular complexity index is 891. The number of thioether (sulfide) groups is 1. The zero-order chi connectivity index (χ0) is 35.4. The van der Waals surface area contributed by atoms with Gasteiger partial charge in [0, 0.05) is 6.54 Å². The van der Waals surface area contributed by atoms with Crippen LogP contribution in [-0.4, -0.2) is 35.6 Å². The van der Waals surface area contributed by atoms with Crippen molar-refractivity contribution in [3.8, 4) is 12.3 Å². The van der Waals surface area contributed by atoms with E-state index in [1.54, 1.807) is 33.1 Å². The Morgan fingerprint density at radius 1 is 1.16 bits per heavy atom. The number of aryl methyl sites for hydroxylation is 1. The normalized spacial score (nSPS) is 13.3. The highest BCUT2D eigenvalue weighted by Gasteiger charge is 2.30. The van der Waals surface area contributed by atoms with Gasteiger partial charge in [0.15, 0.2) is 0 Å². The van der Waals surface area contributed by atoms with Crippen LogP contribution in [0.1, 0.15) is 114 Å². The maximum Gasteiger partial charge on any atom is 0.322 e. The van der Waals surface area contributed by atoms with Crippen molar-refractivity contribution >= 4 is 23.7 Å². The van der Waals surface area contributed by atoms with E-state index in [4.69, 9.17) is 12.2 Å². The van der Waals surface area contributed by atoms with Crippen molar-refractivity contribution in [3.63, 3.8) is 0 Å². The van der Waals surface area contributed by atoms with E-state index >= 15 is 0 Å². The molecule has 1 aliphatic heterocycles. The molecule has 8 heteroatoms. The van der Waals surface area contributed by atoms with E-state index in [0.29, 0.717) is 0 Å². The van der Waals surface area contributed by atoms with Gasteiger partial charge in [0.2, 0.25) is 0 Å². The molecule has 1 aliphatic rings. The van der Waals surface area contributed by atoms with Gasteiger partial charge in [-0.1, -0.05) is 124 Å². The first-order chi connectivity index (χ1) is 20.4. The second kappa shape index (κ2) is 39.0. The number of benzene rings is 1. The van der Waals surface area contributed by atoms with E-state index in [1.807, 2.05) is 100 Å². The summed E-state index contributed by atoms with van der Waals surface area (Å²) >= 11 is 1.32. The highest BCUT2D eigenvalue weighted by atomic mass is 32.2. The molecule has 0 saturated carbocycles. The molecule has 250 valence electrons. The van der Waals surface area contributed by atoms with Gasteiger partial charge in [-0.15, -0.1) is 13.0 Å². The molecule has 7 nitrogen and oxygen atoms in total. The monoisotopic (exact) mass is 623 g/mol. The number of nitrogens with two attached hydrogens (primary N) is 1. The topological polar surface area (TPSA) is 114 Å². The van der Waals surface area contributed by atoms with Crippen LogP contribution in [0.5, 0.6) is 0 Å². The van der Waals surface area contributed by atoms with Crippen molar-refractivity contribution in [2.45, 2.75) is 114 Å². The summed E-state index contributed by atoms with van der Waals surface area (Å²) in [6.07, 6.45) is 10.3. The fourth-order valence-electron chi connectivity index (χ4n) is 2.26. The first-order valence-electron chi connectivity index (χ1n) is 15.2. The first-order valence-corrected chi connectivity index (χ1v) is 16.0. The minimum absolute atomic E-state index is 0.222. The fourth-order valence-corrected chi connectivity index (χ4v) is 3.18. The van der Waals surface area contributed by atoms with E-state index in [0.717, 1.165) is 34.6 Å². The molecule has 0 aliphatic carbocycles. The number of allylic oxidation sites excluding steroid dienone is 4. The Morgan fingerprint density at radius 3 is 1.93 bits per heavy atom. The number of imide groups is 1. The van der Waals surface area contributed by atoms with Crippen LogP contribution >= 0.6 is 11.8 Å². The van der Waals surface area contributed by atoms with Crippen LogP contribution in [0, 0.1) is 12.3 Å². The Morgan fingerprint density at radius 2 is 1.63 bits per heavy atom. The lowest BCUT2D eigenvalue weighted by atomic mass is 10.0. The first kappa shape index (κ1) is 52.6. The van der Waals surface area contributed by atoms with Crippen molar-refractivity contribution in [1.82, 2.24) is 10.6 Å². The number of nitrogens with one attached hydrogen (secondary N) is 2. The third-order valence-corrected chi connectivity index (χ3v) is 5.41. The van der Waals surface area contributed by atoms with Crippen LogP contribution in [0.2, 0.25) is 0 Å². The van der Waals surface area contributed by atoms with Gasteiger partial charge in [-0.2, -0.15) is 0 Å². The molecule has 0 radical (unpaired) electrons. The third kappa shape index (κ3) is 33.4. The third-order valence-electron chi connectivity index (χ3n) is 4.14. The van der Waals surface area contributed by atoms with Crippen molar-refractivity contribution in [1.29, 1.82) is 0 Å². The van der Waals surface area contributed by atoms with Gasteiger partial charge in [-0.05, 0) is 55.7 Å². The molecule has 0 bridgehead atoms. The number of carbonyl (C=O) groups is 2. The summed E-state index contributed by atoms with van der Waals surface area (Å²) in [5.74, 6) is 2.90. The van der Waals surface area contributed by atoms with Crippen LogP contribution in [0.25, 0.3) is 0 Å². The number of amides is 3. The van der Waals surface area contributed by atoms with Crippen LogP contribution in [-0.2, 0) is 16.0 Å². The zero-order valence-electron chi connectivity index (χ0n) is 29.8. The molecule has 1 aromatic carbocycles. The van der Waals surface area contributed by atoms with E-state index in [9.17, 15) is 14.7 Å². The van der Waals surface area contributed by atoms with Gasteiger partial charge in [-0.3, -0.25) is 10.1 Å². The van der Waals surface area contributed by atoms with Crippen LogP contribution < -0.4 is 16.4 Å².